The number of hydrogen-bond donors (Lipinski definition) is 1. The lowest BCUT2D eigenvalue weighted by Crippen LogP contribution is -2.53. The largest absolute Gasteiger partial charge is 0.393 e. The van der Waals surface area contributed by atoms with Crippen molar-refractivity contribution in [3.63, 3.8) is 0 Å². The van der Waals surface area contributed by atoms with Crippen molar-refractivity contribution in [1.29, 1.82) is 0 Å². The van der Waals surface area contributed by atoms with Gasteiger partial charge in [-0.25, -0.2) is 0 Å². The summed E-state index contributed by atoms with van der Waals surface area (Å²) in [6.07, 6.45) is 10.6. The van der Waals surface area contributed by atoms with Crippen molar-refractivity contribution in [3.05, 3.63) is 11.6 Å². The van der Waals surface area contributed by atoms with Crippen molar-refractivity contribution in [2.75, 3.05) is 0 Å². The third kappa shape index (κ3) is 1.68. The minimum absolute atomic E-state index is 0.0769. The summed E-state index contributed by atoms with van der Waals surface area (Å²) in [4.78, 5) is 12.4. The fourth-order valence-corrected chi connectivity index (χ4v) is 6.64. The predicted octanol–water partition coefficient (Wildman–Crippen LogP) is 4.27. The Morgan fingerprint density at radius 1 is 1.14 bits per heavy atom. The molecule has 122 valence electrons. The highest BCUT2D eigenvalue weighted by atomic mass is 16.3. The molecule has 0 heterocycles. The summed E-state index contributed by atoms with van der Waals surface area (Å²) < 4.78 is 0. The molecule has 6 unspecified atom stereocenters. The Morgan fingerprint density at radius 3 is 2.68 bits per heavy atom. The quantitative estimate of drug-likeness (QED) is 0.679. The molecule has 0 bridgehead atoms. The summed E-state index contributed by atoms with van der Waals surface area (Å²) in [5.74, 6) is 1.71. The van der Waals surface area contributed by atoms with Crippen molar-refractivity contribution in [2.45, 2.75) is 78.2 Å². The van der Waals surface area contributed by atoms with E-state index in [-0.39, 0.29) is 22.3 Å². The summed E-state index contributed by atoms with van der Waals surface area (Å²) in [6.45, 7) is 7.08. The molecule has 22 heavy (non-hydrogen) atoms. The first-order chi connectivity index (χ1) is 10.3. The average molecular weight is 302 g/mol. The van der Waals surface area contributed by atoms with Gasteiger partial charge in [0.1, 0.15) is 5.78 Å². The van der Waals surface area contributed by atoms with E-state index in [2.05, 4.69) is 26.8 Å². The van der Waals surface area contributed by atoms with Crippen LogP contribution in [0.5, 0.6) is 0 Å². The molecule has 0 saturated heterocycles. The van der Waals surface area contributed by atoms with Crippen LogP contribution in [0, 0.1) is 28.1 Å². The number of ketones is 1. The summed E-state index contributed by atoms with van der Waals surface area (Å²) in [6, 6.07) is 0. The number of carbonyl (C=O) groups excluding carboxylic acids is 1. The fraction of sp³-hybridized carbons (Fsp3) is 0.850. The SMILES string of the molecule is CC12CC=C3C(CCC4(C)CC(O)CCC34C)C1CCC2=O. The van der Waals surface area contributed by atoms with E-state index in [1.54, 1.807) is 5.57 Å². The zero-order chi connectivity index (χ0) is 15.8. The third-order valence-corrected chi connectivity index (χ3v) is 8.41. The Kier molecular flexibility index (Phi) is 3.03. The molecule has 6 atom stereocenters. The monoisotopic (exact) mass is 302 g/mol. The Bertz CT molecular complexity index is 550. The van der Waals surface area contributed by atoms with Gasteiger partial charge in [-0.3, -0.25) is 4.79 Å². The van der Waals surface area contributed by atoms with E-state index in [4.69, 9.17) is 0 Å². The second-order valence-corrected chi connectivity index (χ2v) is 9.28. The van der Waals surface area contributed by atoms with Crippen LogP contribution >= 0.6 is 0 Å². The van der Waals surface area contributed by atoms with Crippen LogP contribution in [0.3, 0.4) is 0 Å². The zero-order valence-corrected chi connectivity index (χ0v) is 14.3. The van der Waals surface area contributed by atoms with Gasteiger partial charge in [0.25, 0.3) is 0 Å². The number of aliphatic hydroxyl groups excluding tert-OH is 1. The van der Waals surface area contributed by atoms with Crippen LogP contribution < -0.4 is 0 Å². The first-order valence-corrected chi connectivity index (χ1v) is 9.22. The predicted molar refractivity (Wildman–Crippen MR) is 87.3 cm³/mol. The fourth-order valence-electron chi connectivity index (χ4n) is 6.64. The molecule has 0 aromatic rings. The zero-order valence-electron chi connectivity index (χ0n) is 14.3. The van der Waals surface area contributed by atoms with Gasteiger partial charge in [0.05, 0.1) is 6.10 Å². The molecule has 2 heteroatoms. The Balaban J connectivity index is 1.75. The van der Waals surface area contributed by atoms with Gasteiger partial charge in [-0.05, 0) is 67.6 Å². The smallest absolute Gasteiger partial charge is 0.139 e. The highest BCUT2D eigenvalue weighted by Crippen LogP contribution is 2.67. The van der Waals surface area contributed by atoms with Crippen LogP contribution in [0.15, 0.2) is 11.6 Å². The summed E-state index contributed by atoms with van der Waals surface area (Å²) >= 11 is 0. The molecule has 0 aromatic carbocycles. The summed E-state index contributed by atoms with van der Waals surface area (Å²) in [5, 5.41) is 10.2. The number of allylic oxidation sites excluding steroid dienone is 2. The average Bonchev–Trinajstić information content (AvgIpc) is 2.76. The third-order valence-electron chi connectivity index (χ3n) is 8.41. The lowest BCUT2D eigenvalue weighted by Gasteiger charge is -2.61. The molecule has 4 rings (SSSR count). The molecule has 3 fully saturated rings. The van der Waals surface area contributed by atoms with Crippen molar-refractivity contribution < 1.29 is 9.90 Å². The van der Waals surface area contributed by atoms with E-state index in [1.165, 1.54) is 12.8 Å². The number of hydrogen-bond acceptors (Lipinski definition) is 2. The summed E-state index contributed by atoms with van der Waals surface area (Å²) in [7, 11) is 0. The van der Waals surface area contributed by atoms with Crippen LogP contribution in [0.2, 0.25) is 0 Å². The van der Waals surface area contributed by atoms with Crippen molar-refractivity contribution >= 4 is 5.78 Å². The number of rotatable bonds is 0. The lowest BCUT2D eigenvalue weighted by atomic mass is 9.44. The van der Waals surface area contributed by atoms with Gasteiger partial charge < -0.3 is 5.11 Å². The molecule has 2 nitrogen and oxygen atoms in total. The number of carbonyl (C=O) groups is 1. The van der Waals surface area contributed by atoms with Gasteiger partial charge in [-0.2, -0.15) is 0 Å². The van der Waals surface area contributed by atoms with E-state index in [1.807, 2.05) is 0 Å². The van der Waals surface area contributed by atoms with E-state index >= 15 is 0 Å². The van der Waals surface area contributed by atoms with E-state index in [0.717, 1.165) is 38.5 Å². The first-order valence-electron chi connectivity index (χ1n) is 9.22. The van der Waals surface area contributed by atoms with Crippen LogP contribution in [0.4, 0.5) is 0 Å². The van der Waals surface area contributed by atoms with Gasteiger partial charge in [0.2, 0.25) is 0 Å². The highest BCUT2D eigenvalue weighted by molar-refractivity contribution is 5.87. The van der Waals surface area contributed by atoms with Crippen molar-refractivity contribution in [3.8, 4) is 0 Å². The topological polar surface area (TPSA) is 37.3 Å². The van der Waals surface area contributed by atoms with Gasteiger partial charge in [0, 0.05) is 11.8 Å². The number of fused-ring (bicyclic) bond motifs is 5. The number of aliphatic hydroxyl groups is 1. The van der Waals surface area contributed by atoms with Gasteiger partial charge in [-0.15, -0.1) is 0 Å². The molecule has 4 aliphatic carbocycles. The highest BCUT2D eigenvalue weighted by Gasteiger charge is 2.60. The van der Waals surface area contributed by atoms with Gasteiger partial charge in [0.15, 0.2) is 0 Å². The number of Topliss-reactive ketones (excluding diaryl/α,β-unsaturated/α-hetero) is 1. The second-order valence-electron chi connectivity index (χ2n) is 9.28. The maximum atomic E-state index is 12.4. The normalized spacial score (nSPS) is 54.3. The maximum Gasteiger partial charge on any atom is 0.139 e. The van der Waals surface area contributed by atoms with E-state index in [0.29, 0.717) is 17.6 Å². The summed E-state index contributed by atoms with van der Waals surface area (Å²) in [5.41, 5.74) is 2.06. The molecule has 3 saturated carbocycles. The molecular formula is C20H30O2. The second kappa shape index (κ2) is 4.47. The van der Waals surface area contributed by atoms with Crippen molar-refractivity contribution in [2.24, 2.45) is 28.1 Å². The molecule has 0 aliphatic heterocycles. The van der Waals surface area contributed by atoms with E-state index < -0.39 is 0 Å². The van der Waals surface area contributed by atoms with Crippen molar-refractivity contribution in [1.82, 2.24) is 0 Å². The van der Waals surface area contributed by atoms with Crippen LogP contribution in [-0.2, 0) is 4.79 Å². The maximum absolute atomic E-state index is 12.4. The van der Waals surface area contributed by atoms with Crippen LogP contribution in [-0.4, -0.2) is 17.0 Å². The van der Waals surface area contributed by atoms with Gasteiger partial charge in [-0.1, -0.05) is 32.4 Å². The molecular weight excluding hydrogens is 272 g/mol. The molecule has 0 radical (unpaired) electrons. The standard InChI is InChI=1S/C20H30O2/c1-18-9-7-14-15-4-5-17(22)19(15,2)10-8-16(14)20(18,3)11-6-13(21)12-18/h8,13-15,21H,4-7,9-12H2,1-3H3. The molecule has 1 N–H and O–H groups in total. The lowest BCUT2D eigenvalue weighted by molar-refractivity contribution is -0.128. The minimum Gasteiger partial charge on any atom is -0.393 e. The minimum atomic E-state index is -0.114. The Hall–Kier alpha value is -0.630. The molecule has 0 spiro atoms. The molecule has 0 amide bonds. The molecule has 0 aromatic heterocycles. The molecule has 4 aliphatic rings. The van der Waals surface area contributed by atoms with Crippen LogP contribution in [0.25, 0.3) is 0 Å². The first kappa shape index (κ1) is 14.9. The Morgan fingerprint density at radius 2 is 1.91 bits per heavy atom. The van der Waals surface area contributed by atoms with Crippen LogP contribution in [0.1, 0.15) is 72.1 Å². The van der Waals surface area contributed by atoms with E-state index in [9.17, 15) is 9.90 Å². The van der Waals surface area contributed by atoms with Gasteiger partial charge >= 0.3 is 0 Å². The Labute approximate surface area is 134 Å².